The Morgan fingerprint density at radius 3 is 2.41 bits per heavy atom. The maximum atomic E-state index is 14.6. The highest BCUT2D eigenvalue weighted by Crippen LogP contribution is 2.38. The minimum absolute atomic E-state index is 0.00826. The van der Waals surface area contributed by atoms with Gasteiger partial charge in [0.15, 0.2) is 0 Å². The molecule has 0 radical (unpaired) electrons. The van der Waals surface area contributed by atoms with E-state index >= 15 is 0 Å². The van der Waals surface area contributed by atoms with Gasteiger partial charge in [0.05, 0.1) is 0 Å². The standard InChI is InChI=1S/C21H19BCl2F2N2O4/c1-12-10-15(3-5-17(12)25)27-19(29)13-2-4-18(26)16(11-13)21(23,24)20(30)28-8-6-14(7-9-28)22(31)32/h2-6,10-11,31-32H,7-9H2,1H3,(H,27,29). The fourth-order valence-corrected chi connectivity index (χ4v) is 3.78. The number of halogens is 4. The summed E-state index contributed by atoms with van der Waals surface area (Å²) in [7, 11) is -1.62. The number of nitrogens with one attached hydrogen (secondary N) is 1. The maximum absolute atomic E-state index is 14.6. The van der Waals surface area contributed by atoms with Crippen LogP contribution in [0.3, 0.4) is 0 Å². The molecule has 2 aromatic rings. The lowest BCUT2D eigenvalue weighted by Gasteiger charge is -2.31. The van der Waals surface area contributed by atoms with Gasteiger partial charge in [-0.15, -0.1) is 0 Å². The van der Waals surface area contributed by atoms with Gasteiger partial charge in [0.25, 0.3) is 11.8 Å². The summed E-state index contributed by atoms with van der Waals surface area (Å²) in [6.45, 7) is 1.66. The van der Waals surface area contributed by atoms with E-state index in [0.29, 0.717) is 16.7 Å². The zero-order valence-corrected chi connectivity index (χ0v) is 18.4. The molecule has 0 saturated heterocycles. The molecular weight excluding hydrogens is 464 g/mol. The van der Waals surface area contributed by atoms with Crippen LogP contribution in [0.15, 0.2) is 47.9 Å². The highest BCUT2D eigenvalue weighted by molar-refractivity contribution is 6.57. The van der Waals surface area contributed by atoms with Gasteiger partial charge < -0.3 is 20.3 Å². The van der Waals surface area contributed by atoms with E-state index in [2.05, 4.69) is 5.32 Å². The number of aryl methyl sites for hydroxylation is 1. The molecular formula is C21H19BCl2F2N2O4. The summed E-state index contributed by atoms with van der Waals surface area (Å²) in [4.78, 5) is 26.8. The Bertz CT molecular complexity index is 1100. The summed E-state index contributed by atoms with van der Waals surface area (Å²) in [6.07, 6.45) is 1.65. The van der Waals surface area contributed by atoms with Gasteiger partial charge in [-0.2, -0.15) is 0 Å². The molecule has 0 atom stereocenters. The molecule has 0 fully saturated rings. The third-order valence-corrected chi connectivity index (χ3v) is 5.84. The highest BCUT2D eigenvalue weighted by Gasteiger charge is 2.42. The lowest BCUT2D eigenvalue weighted by molar-refractivity contribution is -0.131. The van der Waals surface area contributed by atoms with E-state index in [1.165, 1.54) is 35.2 Å². The Hall–Kier alpha value is -2.46. The third kappa shape index (κ3) is 5.12. The van der Waals surface area contributed by atoms with Crippen molar-refractivity contribution in [2.45, 2.75) is 17.7 Å². The lowest BCUT2D eigenvalue weighted by atomic mass is 9.76. The molecule has 0 unspecified atom stereocenters. The second kappa shape index (κ2) is 9.58. The molecule has 3 rings (SSSR count). The molecule has 0 saturated carbocycles. The minimum atomic E-state index is -2.32. The van der Waals surface area contributed by atoms with Crippen LogP contribution in [0, 0.1) is 18.6 Å². The number of nitrogens with zero attached hydrogens (tertiary/aromatic N) is 1. The van der Waals surface area contributed by atoms with Gasteiger partial charge in [-0.3, -0.25) is 9.59 Å². The molecule has 1 aliphatic heterocycles. The molecule has 2 amide bonds. The van der Waals surface area contributed by atoms with E-state index in [9.17, 15) is 28.4 Å². The van der Waals surface area contributed by atoms with Crippen molar-refractivity contribution in [2.24, 2.45) is 0 Å². The Kier molecular flexibility index (Phi) is 7.24. The van der Waals surface area contributed by atoms with Crippen molar-refractivity contribution in [2.75, 3.05) is 18.4 Å². The van der Waals surface area contributed by atoms with Crippen LogP contribution in [-0.4, -0.2) is 47.0 Å². The Balaban J connectivity index is 1.82. The van der Waals surface area contributed by atoms with Crippen molar-refractivity contribution in [3.05, 3.63) is 76.3 Å². The van der Waals surface area contributed by atoms with Gasteiger partial charge in [-0.25, -0.2) is 8.78 Å². The number of benzene rings is 2. The summed E-state index contributed by atoms with van der Waals surface area (Å²) >= 11 is 12.5. The summed E-state index contributed by atoms with van der Waals surface area (Å²) in [5.74, 6) is -2.74. The first-order valence-electron chi connectivity index (χ1n) is 9.60. The highest BCUT2D eigenvalue weighted by atomic mass is 35.5. The largest absolute Gasteiger partial charge is 0.483 e. The number of rotatable bonds is 5. The molecule has 0 aromatic heterocycles. The van der Waals surface area contributed by atoms with Crippen LogP contribution in [0.5, 0.6) is 0 Å². The van der Waals surface area contributed by atoms with Gasteiger partial charge in [-0.1, -0.05) is 29.3 Å². The van der Waals surface area contributed by atoms with Gasteiger partial charge in [-0.05, 0) is 60.8 Å². The molecule has 11 heteroatoms. The second-order valence-corrected chi connectivity index (χ2v) is 8.67. The number of alkyl halides is 2. The maximum Gasteiger partial charge on any atom is 0.483 e. The van der Waals surface area contributed by atoms with Crippen molar-refractivity contribution in [3.63, 3.8) is 0 Å². The molecule has 32 heavy (non-hydrogen) atoms. The second-order valence-electron chi connectivity index (χ2n) is 7.34. The minimum Gasteiger partial charge on any atom is -0.423 e. The Morgan fingerprint density at radius 1 is 1.12 bits per heavy atom. The molecule has 0 bridgehead atoms. The molecule has 0 spiro atoms. The third-order valence-electron chi connectivity index (χ3n) is 5.11. The zero-order valence-electron chi connectivity index (χ0n) is 16.9. The van der Waals surface area contributed by atoms with Gasteiger partial charge in [0.1, 0.15) is 11.6 Å². The molecule has 6 nitrogen and oxygen atoms in total. The fraction of sp³-hybridized carbons (Fsp3) is 0.238. The van der Waals surface area contributed by atoms with Crippen molar-refractivity contribution >= 4 is 47.8 Å². The summed E-state index contributed by atoms with van der Waals surface area (Å²) in [5.41, 5.74) is 0.614. The number of hydrogen-bond donors (Lipinski definition) is 3. The van der Waals surface area contributed by atoms with E-state index in [1.54, 1.807) is 6.92 Å². The lowest BCUT2D eigenvalue weighted by Crippen LogP contribution is -2.44. The van der Waals surface area contributed by atoms with Crippen molar-refractivity contribution in [1.82, 2.24) is 4.90 Å². The molecule has 3 N–H and O–H groups in total. The first-order valence-corrected chi connectivity index (χ1v) is 10.4. The average molecular weight is 483 g/mol. The van der Waals surface area contributed by atoms with Crippen LogP contribution < -0.4 is 5.32 Å². The average Bonchev–Trinajstić information content (AvgIpc) is 2.76. The topological polar surface area (TPSA) is 89.9 Å². The zero-order chi connectivity index (χ0) is 23.6. The van der Waals surface area contributed by atoms with Gasteiger partial charge in [0.2, 0.25) is 4.33 Å². The first kappa shape index (κ1) is 24.2. The molecule has 1 aliphatic rings. The van der Waals surface area contributed by atoms with Crippen LogP contribution in [0.25, 0.3) is 0 Å². The van der Waals surface area contributed by atoms with E-state index in [-0.39, 0.29) is 25.1 Å². The number of carbonyl (C=O) groups is 2. The predicted molar refractivity (Wildman–Crippen MR) is 118 cm³/mol. The smallest absolute Gasteiger partial charge is 0.423 e. The monoisotopic (exact) mass is 482 g/mol. The van der Waals surface area contributed by atoms with E-state index < -0.39 is 40.5 Å². The van der Waals surface area contributed by atoms with Crippen molar-refractivity contribution in [1.29, 1.82) is 0 Å². The van der Waals surface area contributed by atoms with E-state index in [1.807, 2.05) is 0 Å². The molecule has 1 heterocycles. The number of carbonyl (C=O) groups excluding carboxylic acids is 2. The van der Waals surface area contributed by atoms with E-state index in [4.69, 9.17) is 23.2 Å². The fourth-order valence-electron chi connectivity index (χ4n) is 3.25. The van der Waals surface area contributed by atoms with Gasteiger partial charge in [0, 0.05) is 29.9 Å². The summed E-state index contributed by atoms with van der Waals surface area (Å²) in [5, 5.41) is 21.0. The van der Waals surface area contributed by atoms with Crippen molar-refractivity contribution < 1.29 is 28.4 Å². The first-order chi connectivity index (χ1) is 15.0. The van der Waals surface area contributed by atoms with Crippen LogP contribution in [0.4, 0.5) is 14.5 Å². The van der Waals surface area contributed by atoms with E-state index in [0.717, 1.165) is 12.1 Å². The molecule has 168 valence electrons. The van der Waals surface area contributed by atoms with Gasteiger partial charge >= 0.3 is 7.12 Å². The summed E-state index contributed by atoms with van der Waals surface area (Å²) in [6, 6.07) is 7.29. The number of amides is 2. The molecule has 2 aromatic carbocycles. The van der Waals surface area contributed by atoms with Crippen molar-refractivity contribution in [3.8, 4) is 0 Å². The van der Waals surface area contributed by atoms with Crippen LogP contribution in [-0.2, 0) is 9.13 Å². The molecule has 0 aliphatic carbocycles. The van der Waals surface area contributed by atoms with Crippen LogP contribution in [0.2, 0.25) is 0 Å². The normalized spacial score (nSPS) is 14.1. The van der Waals surface area contributed by atoms with Crippen LogP contribution in [0.1, 0.15) is 27.9 Å². The van der Waals surface area contributed by atoms with Crippen LogP contribution >= 0.6 is 23.2 Å². The Labute approximate surface area is 193 Å². The quantitative estimate of drug-likeness (QED) is 0.450. The summed E-state index contributed by atoms with van der Waals surface area (Å²) < 4.78 is 25.7. The number of hydrogen-bond acceptors (Lipinski definition) is 4. The Morgan fingerprint density at radius 2 is 1.81 bits per heavy atom. The SMILES string of the molecule is Cc1cc(NC(=O)c2ccc(F)c(C(Cl)(Cl)C(=O)N3CC=C(B(O)O)CC3)c2)ccc1F. The number of anilines is 1. The predicted octanol–water partition coefficient (Wildman–Crippen LogP) is 3.33.